The number of nitrogens with zero attached hydrogens (tertiary/aromatic N) is 2. The van der Waals surface area contributed by atoms with Crippen LogP contribution in [0.25, 0.3) is 0 Å². The molecule has 0 aromatic heterocycles. The average Bonchev–Trinajstić information content (AvgIpc) is 2.48. The monoisotopic (exact) mass is 269 g/mol. The Morgan fingerprint density at radius 3 is 2.55 bits per heavy atom. The van der Waals surface area contributed by atoms with Crippen molar-refractivity contribution in [3.8, 4) is 6.07 Å². The molecule has 0 unspecified atom stereocenters. The summed E-state index contributed by atoms with van der Waals surface area (Å²) in [5.41, 5.74) is 0.932. The number of hydrogen-bond acceptors (Lipinski definition) is 2. The van der Waals surface area contributed by atoms with Gasteiger partial charge in [0.15, 0.2) is 0 Å². The number of halogens is 1. The van der Waals surface area contributed by atoms with E-state index in [0.717, 1.165) is 0 Å². The number of urea groups is 1. The number of rotatable bonds is 2. The lowest BCUT2D eigenvalue weighted by Crippen LogP contribution is -2.32. The van der Waals surface area contributed by atoms with Gasteiger partial charge >= 0.3 is 6.03 Å². The lowest BCUT2D eigenvalue weighted by molar-refractivity contribution is 0.258. The van der Waals surface area contributed by atoms with Gasteiger partial charge in [-0.25, -0.2) is 9.18 Å². The lowest BCUT2D eigenvalue weighted by atomic mass is 10.2. The molecule has 0 radical (unpaired) electrons. The maximum Gasteiger partial charge on any atom is 0.326 e. The molecule has 20 heavy (non-hydrogen) atoms. The molecule has 2 rings (SSSR count). The van der Waals surface area contributed by atoms with E-state index in [1.807, 2.05) is 6.07 Å². The van der Waals surface area contributed by atoms with Gasteiger partial charge in [0.1, 0.15) is 11.9 Å². The van der Waals surface area contributed by atoms with E-state index >= 15 is 0 Å². The van der Waals surface area contributed by atoms with Crippen LogP contribution >= 0.6 is 0 Å². The van der Waals surface area contributed by atoms with Gasteiger partial charge in [0.2, 0.25) is 0 Å². The quantitative estimate of drug-likeness (QED) is 0.908. The van der Waals surface area contributed by atoms with Gasteiger partial charge in [-0.2, -0.15) is 5.26 Å². The molecular weight excluding hydrogens is 257 g/mol. The van der Waals surface area contributed by atoms with E-state index in [-0.39, 0.29) is 5.69 Å². The molecule has 2 aromatic rings. The Hall–Kier alpha value is -2.87. The van der Waals surface area contributed by atoms with Crippen molar-refractivity contribution in [2.75, 3.05) is 17.3 Å². The molecule has 0 spiro atoms. The zero-order chi connectivity index (χ0) is 14.5. The smallest absolute Gasteiger partial charge is 0.305 e. The standard InChI is InChI=1S/C15H12FN3O/c1-19(14-9-5-2-6-11(14)10-17)15(20)18-13-8-4-3-7-12(13)16/h2-9H,1H3,(H,18,20). The fourth-order valence-corrected chi connectivity index (χ4v) is 1.73. The SMILES string of the molecule is CN(C(=O)Nc1ccccc1F)c1ccccc1C#N. The molecule has 0 saturated carbocycles. The van der Waals surface area contributed by atoms with Gasteiger partial charge in [0.25, 0.3) is 0 Å². The van der Waals surface area contributed by atoms with Gasteiger partial charge in [0.05, 0.1) is 16.9 Å². The molecule has 0 atom stereocenters. The molecule has 100 valence electrons. The zero-order valence-electron chi connectivity index (χ0n) is 10.8. The third-order valence-electron chi connectivity index (χ3n) is 2.81. The minimum atomic E-state index is -0.516. The maximum absolute atomic E-state index is 13.5. The van der Waals surface area contributed by atoms with Crippen LogP contribution in [0.3, 0.4) is 0 Å². The molecule has 0 aliphatic carbocycles. The van der Waals surface area contributed by atoms with Gasteiger partial charge in [-0.1, -0.05) is 24.3 Å². The van der Waals surface area contributed by atoms with Crippen LogP contribution in [0, 0.1) is 17.1 Å². The molecule has 4 nitrogen and oxygen atoms in total. The average molecular weight is 269 g/mol. The number of benzene rings is 2. The van der Waals surface area contributed by atoms with Crippen LogP contribution in [0.5, 0.6) is 0 Å². The van der Waals surface area contributed by atoms with E-state index in [4.69, 9.17) is 5.26 Å². The third kappa shape index (κ3) is 2.75. The lowest BCUT2D eigenvalue weighted by Gasteiger charge is -2.19. The molecule has 0 aliphatic heterocycles. The first-order chi connectivity index (χ1) is 9.63. The fourth-order valence-electron chi connectivity index (χ4n) is 1.73. The number of para-hydroxylation sites is 2. The fraction of sp³-hybridized carbons (Fsp3) is 0.0667. The Labute approximate surface area is 116 Å². The van der Waals surface area contributed by atoms with Crippen molar-refractivity contribution in [3.05, 3.63) is 59.9 Å². The Morgan fingerprint density at radius 1 is 1.20 bits per heavy atom. The van der Waals surface area contributed by atoms with Crippen molar-refractivity contribution in [1.82, 2.24) is 0 Å². The van der Waals surface area contributed by atoms with Crippen LogP contribution in [0.1, 0.15) is 5.56 Å². The first-order valence-corrected chi connectivity index (χ1v) is 5.92. The summed E-state index contributed by atoms with van der Waals surface area (Å²) in [5, 5.41) is 11.5. The molecule has 0 fully saturated rings. The number of nitriles is 1. The highest BCUT2D eigenvalue weighted by molar-refractivity contribution is 6.02. The Balaban J connectivity index is 2.22. The van der Waals surface area contributed by atoms with Crippen LogP contribution in [-0.2, 0) is 0 Å². The Morgan fingerprint density at radius 2 is 1.85 bits per heavy atom. The molecule has 2 amide bonds. The number of hydrogen-bond donors (Lipinski definition) is 1. The minimum absolute atomic E-state index is 0.0961. The van der Waals surface area contributed by atoms with E-state index < -0.39 is 11.8 Å². The maximum atomic E-state index is 13.5. The van der Waals surface area contributed by atoms with Gasteiger partial charge in [-0.15, -0.1) is 0 Å². The van der Waals surface area contributed by atoms with Crippen molar-refractivity contribution in [1.29, 1.82) is 5.26 Å². The molecule has 1 N–H and O–H groups in total. The van der Waals surface area contributed by atoms with Crippen LogP contribution in [0.15, 0.2) is 48.5 Å². The normalized spacial score (nSPS) is 9.65. The van der Waals surface area contributed by atoms with Crippen molar-refractivity contribution in [2.24, 2.45) is 0 Å². The number of amides is 2. The summed E-state index contributed by atoms with van der Waals surface area (Å²) in [5.74, 6) is -0.511. The summed E-state index contributed by atoms with van der Waals surface area (Å²) in [6.45, 7) is 0. The summed E-state index contributed by atoms with van der Waals surface area (Å²) in [6, 6.07) is 14.1. The number of carbonyl (C=O) groups excluding carboxylic acids is 1. The second kappa shape index (κ2) is 5.85. The van der Waals surface area contributed by atoms with Crippen LogP contribution in [-0.4, -0.2) is 13.1 Å². The molecule has 0 heterocycles. The third-order valence-corrected chi connectivity index (χ3v) is 2.81. The van der Waals surface area contributed by atoms with E-state index in [2.05, 4.69) is 5.32 Å². The summed E-state index contributed by atoms with van der Waals surface area (Å²) in [6.07, 6.45) is 0. The van der Waals surface area contributed by atoms with E-state index in [9.17, 15) is 9.18 Å². The number of anilines is 2. The van der Waals surface area contributed by atoms with Gasteiger partial charge < -0.3 is 5.32 Å². The first kappa shape index (κ1) is 13.6. The molecular formula is C15H12FN3O. The van der Waals surface area contributed by atoms with Gasteiger partial charge in [0, 0.05) is 7.05 Å². The van der Waals surface area contributed by atoms with E-state index in [1.54, 1.807) is 36.4 Å². The number of nitrogens with one attached hydrogen (secondary N) is 1. The molecule has 0 aliphatic rings. The summed E-state index contributed by atoms with van der Waals surface area (Å²) in [4.78, 5) is 13.3. The predicted molar refractivity (Wildman–Crippen MR) is 75.0 cm³/mol. The van der Waals surface area contributed by atoms with Gasteiger partial charge in [-0.05, 0) is 24.3 Å². The zero-order valence-corrected chi connectivity index (χ0v) is 10.8. The second-order valence-corrected chi connectivity index (χ2v) is 4.10. The highest BCUT2D eigenvalue weighted by Gasteiger charge is 2.15. The number of carbonyl (C=O) groups is 1. The van der Waals surface area contributed by atoms with Crippen molar-refractivity contribution in [3.63, 3.8) is 0 Å². The van der Waals surface area contributed by atoms with Crippen LogP contribution in [0.2, 0.25) is 0 Å². The minimum Gasteiger partial charge on any atom is -0.305 e. The van der Waals surface area contributed by atoms with E-state index in [1.165, 1.54) is 24.1 Å². The van der Waals surface area contributed by atoms with E-state index in [0.29, 0.717) is 11.3 Å². The molecule has 2 aromatic carbocycles. The Bertz CT molecular complexity index is 679. The molecule has 0 bridgehead atoms. The summed E-state index contributed by atoms with van der Waals surface area (Å²) >= 11 is 0. The van der Waals surface area contributed by atoms with Crippen LogP contribution in [0.4, 0.5) is 20.6 Å². The Kier molecular flexibility index (Phi) is 3.96. The predicted octanol–water partition coefficient (Wildman–Crippen LogP) is 3.37. The first-order valence-electron chi connectivity index (χ1n) is 5.92. The van der Waals surface area contributed by atoms with Crippen molar-refractivity contribution in [2.45, 2.75) is 0 Å². The largest absolute Gasteiger partial charge is 0.326 e. The van der Waals surface area contributed by atoms with Crippen molar-refractivity contribution < 1.29 is 9.18 Å². The summed E-state index contributed by atoms with van der Waals surface area (Å²) in [7, 11) is 1.52. The van der Waals surface area contributed by atoms with Gasteiger partial charge in [-0.3, -0.25) is 4.90 Å². The second-order valence-electron chi connectivity index (χ2n) is 4.10. The highest BCUT2D eigenvalue weighted by Crippen LogP contribution is 2.20. The molecule has 0 saturated heterocycles. The highest BCUT2D eigenvalue weighted by atomic mass is 19.1. The van der Waals surface area contributed by atoms with Crippen LogP contribution < -0.4 is 10.2 Å². The topological polar surface area (TPSA) is 56.1 Å². The summed E-state index contributed by atoms with van der Waals surface area (Å²) < 4.78 is 13.5. The van der Waals surface area contributed by atoms with Crippen molar-refractivity contribution >= 4 is 17.4 Å². The molecule has 5 heteroatoms.